The van der Waals surface area contributed by atoms with Gasteiger partial charge in [-0.2, -0.15) is 0 Å². The first-order chi connectivity index (χ1) is 9.10. The molecule has 0 bridgehead atoms. The molecule has 0 spiro atoms. The molecule has 1 atom stereocenters. The summed E-state index contributed by atoms with van der Waals surface area (Å²) in [6, 6.07) is 10.1. The van der Waals surface area contributed by atoms with Gasteiger partial charge in [0, 0.05) is 0 Å². The van der Waals surface area contributed by atoms with E-state index in [2.05, 4.69) is 2.80 Å². The standard InChI is InChI=1S/C15H20NO2.Tl/c1-4-15(12(3)16,14(17)18-5-2)11-13-9-7-6-8-10-13;/h6-10H,4-5,11H2,1-3H3;/q-1;+1. The van der Waals surface area contributed by atoms with Gasteiger partial charge in [0.15, 0.2) is 0 Å². The monoisotopic (exact) mass is 451 g/mol. The van der Waals surface area contributed by atoms with Crippen molar-refractivity contribution in [2.24, 2.45) is 8.22 Å². The van der Waals surface area contributed by atoms with Crippen LogP contribution in [0.1, 0.15) is 32.8 Å². The number of rotatable bonds is 6. The quantitative estimate of drug-likeness (QED) is 0.380. The molecular weight excluding hydrogens is 431 g/mol. The second-order valence-corrected chi connectivity index (χ2v) is 5.54. The van der Waals surface area contributed by atoms with Gasteiger partial charge >= 0.3 is 132 Å². The zero-order valence-corrected chi connectivity index (χ0v) is 16.3. The van der Waals surface area contributed by atoms with Crippen LogP contribution in [0.15, 0.2) is 33.1 Å². The van der Waals surface area contributed by atoms with Crippen molar-refractivity contribution in [1.29, 1.82) is 0 Å². The molecule has 100 valence electrons. The van der Waals surface area contributed by atoms with E-state index < -0.39 is 5.41 Å². The SMILES string of the molecule is CCOC(=O)C(CC)(Cc1ccccc1)/C(C)=[N]/[Tl]. The van der Waals surface area contributed by atoms with E-state index in [9.17, 15) is 4.79 Å². The summed E-state index contributed by atoms with van der Waals surface area (Å²) in [5, 5.41) is 0. The first-order valence-corrected chi connectivity index (χ1v) is 8.57. The van der Waals surface area contributed by atoms with E-state index in [0.717, 1.165) is 11.3 Å². The van der Waals surface area contributed by atoms with E-state index in [4.69, 9.17) is 4.74 Å². The maximum absolute atomic E-state index is 12.4. The Morgan fingerprint density at radius 3 is 2.42 bits per heavy atom. The molecule has 0 aliphatic heterocycles. The summed E-state index contributed by atoms with van der Waals surface area (Å²) in [5.74, 6) is -0.150. The number of nitrogens with zero attached hydrogens (tertiary/aromatic N) is 1. The Bertz CT molecular complexity index is 445. The molecule has 1 rings (SSSR count). The molecule has 1 aromatic carbocycles. The Hall–Kier alpha value is -0.718. The zero-order valence-electron chi connectivity index (χ0n) is 11.8. The molecule has 0 heterocycles. The average molecular weight is 451 g/mol. The molecule has 0 radical (unpaired) electrons. The van der Waals surface area contributed by atoms with Gasteiger partial charge in [-0.05, 0) is 0 Å². The van der Waals surface area contributed by atoms with Gasteiger partial charge in [-0.25, -0.2) is 0 Å². The second-order valence-electron chi connectivity index (χ2n) is 4.53. The van der Waals surface area contributed by atoms with Gasteiger partial charge < -0.3 is 0 Å². The van der Waals surface area contributed by atoms with Crippen molar-refractivity contribution in [1.82, 2.24) is 0 Å². The van der Waals surface area contributed by atoms with Gasteiger partial charge in [0.1, 0.15) is 0 Å². The molecular formula is C15H20NO2Tl. The van der Waals surface area contributed by atoms with Crippen molar-refractivity contribution in [2.45, 2.75) is 33.6 Å². The zero-order chi connectivity index (χ0) is 14.3. The Morgan fingerprint density at radius 2 is 1.95 bits per heavy atom. The van der Waals surface area contributed by atoms with Crippen molar-refractivity contribution in [2.75, 3.05) is 6.61 Å². The molecule has 3 nitrogen and oxygen atoms in total. The fourth-order valence-corrected chi connectivity index (χ4v) is 3.17. The number of ether oxygens (including phenoxy) is 1. The van der Waals surface area contributed by atoms with Gasteiger partial charge in [-0.3, -0.25) is 0 Å². The van der Waals surface area contributed by atoms with Crippen LogP contribution in [-0.4, -0.2) is 44.4 Å². The van der Waals surface area contributed by atoms with Gasteiger partial charge in [-0.15, -0.1) is 0 Å². The van der Waals surface area contributed by atoms with Crippen LogP contribution in [0, 0.1) is 5.41 Å². The van der Waals surface area contributed by atoms with Crippen LogP contribution in [0.2, 0.25) is 0 Å². The van der Waals surface area contributed by atoms with Crippen molar-refractivity contribution >= 4 is 37.7 Å². The van der Waals surface area contributed by atoms with Crippen LogP contribution in [0.3, 0.4) is 0 Å². The Balaban J connectivity index is 3.14. The third-order valence-corrected chi connectivity index (χ3v) is 5.01. The van der Waals surface area contributed by atoms with E-state index in [1.807, 2.05) is 51.1 Å². The normalized spacial score (nSPS) is 14.7. The van der Waals surface area contributed by atoms with E-state index in [1.54, 1.807) is 0 Å². The summed E-state index contributed by atoms with van der Waals surface area (Å²) in [6.07, 6.45) is 1.37. The van der Waals surface area contributed by atoms with Crippen LogP contribution in [0.25, 0.3) is 0 Å². The van der Waals surface area contributed by atoms with E-state index in [1.165, 1.54) is 0 Å². The summed E-state index contributed by atoms with van der Waals surface area (Å²) >= 11 is 0.501. The summed E-state index contributed by atoms with van der Waals surface area (Å²) < 4.78 is 9.71. The van der Waals surface area contributed by atoms with E-state index in [0.29, 0.717) is 45.5 Å². The minimum atomic E-state index is -0.605. The predicted octanol–water partition coefficient (Wildman–Crippen LogP) is 2.73. The summed E-state index contributed by atoms with van der Waals surface area (Å²) in [6.45, 7) is 6.23. The molecule has 0 N–H and O–H groups in total. The first-order valence-electron chi connectivity index (χ1n) is 6.56. The summed E-state index contributed by atoms with van der Waals surface area (Å²) in [4.78, 5) is 12.4. The van der Waals surface area contributed by atoms with Crippen molar-refractivity contribution in [3.8, 4) is 0 Å². The van der Waals surface area contributed by atoms with Crippen LogP contribution < -0.4 is 0 Å². The van der Waals surface area contributed by atoms with Crippen LogP contribution in [0.4, 0.5) is 0 Å². The topological polar surface area (TPSA) is 38.7 Å². The van der Waals surface area contributed by atoms with Gasteiger partial charge in [0.05, 0.1) is 0 Å². The second kappa shape index (κ2) is 7.77. The molecule has 0 saturated carbocycles. The first kappa shape index (κ1) is 16.3. The number of hydrogen-bond acceptors (Lipinski definition) is 3. The Labute approximate surface area is 131 Å². The Kier molecular flexibility index (Phi) is 6.68. The predicted molar refractivity (Wildman–Crippen MR) is 78.4 cm³/mol. The van der Waals surface area contributed by atoms with Crippen LogP contribution in [-0.2, 0) is 16.0 Å². The number of carbonyl (C=O) groups is 1. The van der Waals surface area contributed by atoms with Gasteiger partial charge in [-0.1, -0.05) is 0 Å². The van der Waals surface area contributed by atoms with Crippen molar-refractivity contribution < 1.29 is 9.53 Å². The summed E-state index contributed by atoms with van der Waals surface area (Å²) in [5.41, 5.74) is 1.44. The fraction of sp³-hybridized carbons (Fsp3) is 0.467. The molecule has 4 heteroatoms. The minimum absolute atomic E-state index is 0.150. The number of esters is 1. The number of carbonyl (C=O) groups excluding carboxylic acids is 1. The van der Waals surface area contributed by atoms with Crippen molar-refractivity contribution in [3.05, 3.63) is 35.9 Å². The van der Waals surface area contributed by atoms with Gasteiger partial charge in [0.25, 0.3) is 0 Å². The molecule has 1 aromatic rings. The fourth-order valence-electron chi connectivity index (χ4n) is 2.21. The van der Waals surface area contributed by atoms with Crippen LogP contribution in [0.5, 0.6) is 0 Å². The number of hydrogen-bond donors (Lipinski definition) is 0. The summed E-state index contributed by atoms with van der Waals surface area (Å²) in [7, 11) is 0. The molecule has 0 aliphatic carbocycles. The third-order valence-electron chi connectivity index (χ3n) is 3.50. The Morgan fingerprint density at radius 1 is 1.32 bits per heavy atom. The van der Waals surface area contributed by atoms with Gasteiger partial charge in [0.2, 0.25) is 0 Å². The average Bonchev–Trinajstić information content (AvgIpc) is 2.45. The number of benzene rings is 1. The maximum atomic E-state index is 12.4. The molecule has 1 unspecified atom stereocenters. The molecule has 0 aromatic heterocycles. The van der Waals surface area contributed by atoms with Crippen LogP contribution >= 0.6 is 0 Å². The molecule has 0 fully saturated rings. The molecule has 0 aliphatic rings. The van der Waals surface area contributed by atoms with E-state index in [-0.39, 0.29) is 5.97 Å². The third kappa shape index (κ3) is 3.87. The molecule has 19 heavy (non-hydrogen) atoms. The van der Waals surface area contributed by atoms with E-state index >= 15 is 0 Å². The molecule has 0 saturated heterocycles. The molecule has 0 amide bonds. The van der Waals surface area contributed by atoms with Crippen molar-refractivity contribution in [3.63, 3.8) is 0 Å².